The molecule has 2 aromatic carbocycles. The second kappa shape index (κ2) is 9.96. The van der Waals surface area contributed by atoms with Crippen molar-refractivity contribution in [1.29, 1.82) is 5.41 Å². The number of carbonyl (C=O) groups is 2. The first-order chi connectivity index (χ1) is 16.6. The summed E-state index contributed by atoms with van der Waals surface area (Å²) in [6, 6.07) is 13.2. The molecule has 3 rings (SSSR count). The highest BCUT2D eigenvalue weighted by atomic mass is 16.4. The van der Waals surface area contributed by atoms with Crippen molar-refractivity contribution >= 4 is 17.7 Å². The van der Waals surface area contributed by atoms with E-state index in [2.05, 4.69) is 0 Å². The third-order valence-electron chi connectivity index (χ3n) is 6.94. The Morgan fingerprint density at radius 3 is 2.03 bits per heavy atom. The molecule has 7 nitrogen and oxygen atoms in total. The number of nitrogens with one attached hydrogen (secondary N) is 1. The predicted octanol–water partition coefficient (Wildman–Crippen LogP) is 5.47. The lowest BCUT2D eigenvalue weighted by molar-refractivity contribution is 0.0960. The Kier molecular flexibility index (Phi) is 7.53. The first-order valence-electron chi connectivity index (χ1n) is 12.3. The molecule has 1 aliphatic heterocycles. The first kappa shape index (κ1) is 27.2. The highest BCUT2D eigenvalue weighted by Crippen LogP contribution is 2.40. The lowest BCUT2D eigenvalue weighted by Gasteiger charge is -2.28. The fourth-order valence-corrected chi connectivity index (χ4v) is 4.94. The number of amides is 1. The molecular weight excluding hydrogens is 454 g/mol. The summed E-state index contributed by atoms with van der Waals surface area (Å²) in [6.45, 7) is 12.7. The number of likely N-dealkylation sites (tertiary alicyclic amines) is 1. The van der Waals surface area contributed by atoms with Crippen molar-refractivity contribution in [2.45, 2.75) is 58.3 Å². The smallest absolute Gasteiger partial charge is 0.407 e. The van der Waals surface area contributed by atoms with Gasteiger partial charge in [0.1, 0.15) is 11.6 Å². The Hall–Kier alpha value is -3.35. The number of benzene rings is 2. The monoisotopic (exact) mass is 493 g/mol. The quantitative estimate of drug-likeness (QED) is 0.463. The molecule has 1 aliphatic rings. The topological polar surface area (TPSA) is 105 Å². The van der Waals surface area contributed by atoms with Gasteiger partial charge >= 0.3 is 6.09 Å². The van der Waals surface area contributed by atoms with Crippen molar-refractivity contribution in [3.8, 4) is 5.75 Å². The third kappa shape index (κ3) is 5.72. The molecule has 0 radical (unpaired) electrons. The number of amidine groups is 1. The van der Waals surface area contributed by atoms with Crippen LogP contribution in [0.15, 0.2) is 42.5 Å². The number of hydrogen-bond acceptors (Lipinski definition) is 4. The van der Waals surface area contributed by atoms with Gasteiger partial charge in [0.25, 0.3) is 0 Å². The van der Waals surface area contributed by atoms with Gasteiger partial charge in [-0.2, -0.15) is 0 Å². The van der Waals surface area contributed by atoms with Crippen LogP contribution in [0.1, 0.15) is 74.5 Å². The van der Waals surface area contributed by atoms with Crippen LogP contribution in [0.2, 0.25) is 0 Å². The highest BCUT2D eigenvalue weighted by molar-refractivity contribution is 6.01. The van der Waals surface area contributed by atoms with Crippen LogP contribution in [0.3, 0.4) is 0 Å². The van der Waals surface area contributed by atoms with E-state index in [-0.39, 0.29) is 47.3 Å². The number of hydrogen-bond donors (Lipinski definition) is 3. The van der Waals surface area contributed by atoms with Crippen molar-refractivity contribution in [3.05, 3.63) is 64.7 Å². The van der Waals surface area contributed by atoms with E-state index in [0.29, 0.717) is 17.9 Å². The number of phenols is 1. The van der Waals surface area contributed by atoms with Gasteiger partial charge in [-0.15, -0.1) is 0 Å². The van der Waals surface area contributed by atoms with Crippen LogP contribution in [0.25, 0.3) is 0 Å². The molecule has 0 aliphatic carbocycles. The summed E-state index contributed by atoms with van der Waals surface area (Å²) in [5, 5.41) is 29.3. The minimum absolute atomic E-state index is 0.0212. The zero-order valence-corrected chi connectivity index (χ0v) is 22.4. The maximum absolute atomic E-state index is 13.6. The highest BCUT2D eigenvalue weighted by Gasteiger charge is 2.40. The Bertz CT molecular complexity index is 1110. The van der Waals surface area contributed by atoms with E-state index in [1.165, 1.54) is 11.9 Å². The summed E-state index contributed by atoms with van der Waals surface area (Å²) < 4.78 is 0. The largest absolute Gasteiger partial charge is 0.507 e. The van der Waals surface area contributed by atoms with E-state index in [4.69, 9.17) is 5.41 Å². The van der Waals surface area contributed by atoms with Crippen LogP contribution in [0, 0.1) is 11.3 Å². The molecule has 1 saturated heterocycles. The maximum atomic E-state index is 13.6. The molecule has 2 aromatic rings. The Balaban J connectivity index is 1.95. The van der Waals surface area contributed by atoms with Crippen LogP contribution in [-0.4, -0.2) is 64.4 Å². The molecule has 0 aromatic heterocycles. The van der Waals surface area contributed by atoms with Gasteiger partial charge in [-0.25, -0.2) is 4.79 Å². The van der Waals surface area contributed by atoms with E-state index in [0.717, 1.165) is 16.7 Å². The average Bonchev–Trinajstić information content (AvgIpc) is 3.07. The summed E-state index contributed by atoms with van der Waals surface area (Å²) in [5.41, 5.74) is 2.18. The van der Waals surface area contributed by atoms with Crippen molar-refractivity contribution in [2.75, 3.05) is 26.7 Å². The Morgan fingerprint density at radius 2 is 1.56 bits per heavy atom. The minimum Gasteiger partial charge on any atom is -0.507 e. The summed E-state index contributed by atoms with van der Waals surface area (Å²) in [4.78, 5) is 28.1. The first-order valence-corrected chi connectivity index (χ1v) is 12.3. The molecule has 194 valence electrons. The molecule has 1 heterocycles. The lowest BCUT2D eigenvalue weighted by Crippen LogP contribution is -2.34. The van der Waals surface area contributed by atoms with Gasteiger partial charge in [0.05, 0.1) is 6.54 Å². The second-order valence-corrected chi connectivity index (χ2v) is 11.9. The van der Waals surface area contributed by atoms with E-state index >= 15 is 0 Å². The number of aromatic hydroxyl groups is 1. The molecule has 3 N–H and O–H groups in total. The summed E-state index contributed by atoms with van der Waals surface area (Å²) in [5.74, 6) is -0.0276. The summed E-state index contributed by atoms with van der Waals surface area (Å²) in [7, 11) is 1.53. The van der Waals surface area contributed by atoms with Gasteiger partial charge in [-0.3, -0.25) is 10.2 Å². The van der Waals surface area contributed by atoms with E-state index in [1.54, 1.807) is 17.0 Å². The molecule has 0 bridgehead atoms. The zero-order chi connectivity index (χ0) is 27.0. The number of ketones is 1. The van der Waals surface area contributed by atoms with E-state index in [1.807, 2.05) is 71.9 Å². The van der Waals surface area contributed by atoms with Crippen LogP contribution in [0.4, 0.5) is 4.79 Å². The van der Waals surface area contributed by atoms with Gasteiger partial charge in [0, 0.05) is 48.7 Å². The van der Waals surface area contributed by atoms with Crippen LogP contribution < -0.4 is 0 Å². The van der Waals surface area contributed by atoms with Gasteiger partial charge in [0.15, 0.2) is 5.78 Å². The number of carbonyl (C=O) groups excluding carboxylic acids is 1. The van der Waals surface area contributed by atoms with Gasteiger partial charge in [-0.05, 0) is 28.5 Å². The molecule has 1 amide bonds. The second-order valence-electron chi connectivity index (χ2n) is 11.9. The fourth-order valence-electron chi connectivity index (χ4n) is 4.94. The number of phenolic OH excluding ortho intramolecular Hbond substituents is 1. The number of carboxylic acid groups (broad SMARTS) is 1. The molecule has 7 heteroatoms. The SMILES string of the molecule is CN(C[C@H]1CN(CC(=O)c2cc(C(C)(C)C)c(O)c(C(C)(C)C)c2)C(=N)[C@@H]1c1ccccc1)C(=O)O. The molecular formula is C29H39N3O4. The zero-order valence-electron chi connectivity index (χ0n) is 22.4. The normalized spacial score (nSPS) is 18.4. The van der Waals surface area contributed by atoms with Gasteiger partial charge in [-0.1, -0.05) is 71.9 Å². The van der Waals surface area contributed by atoms with Crippen molar-refractivity contribution < 1.29 is 19.8 Å². The molecule has 0 saturated carbocycles. The van der Waals surface area contributed by atoms with Crippen molar-refractivity contribution in [2.24, 2.45) is 5.92 Å². The van der Waals surface area contributed by atoms with Crippen LogP contribution >= 0.6 is 0 Å². The lowest BCUT2D eigenvalue weighted by atomic mass is 9.78. The van der Waals surface area contributed by atoms with Gasteiger partial charge in [0.2, 0.25) is 0 Å². The summed E-state index contributed by atoms with van der Waals surface area (Å²) in [6.07, 6.45) is -1.02. The van der Waals surface area contributed by atoms with Crippen molar-refractivity contribution in [1.82, 2.24) is 9.80 Å². The average molecular weight is 494 g/mol. The molecule has 2 atom stereocenters. The number of nitrogens with zero attached hydrogens (tertiary/aromatic N) is 2. The standard InChI is InChI=1S/C29H39N3O4/c1-28(2,3)21-13-19(14-22(25(21)34)29(4,5)6)23(33)17-32-16-20(15-31(7)27(35)36)24(26(32)30)18-11-9-8-10-12-18/h8-14,20,24,30,34H,15-17H2,1-7H3,(H,35,36)/t20-,24+/m0/s1. The van der Waals surface area contributed by atoms with Crippen LogP contribution in [-0.2, 0) is 10.8 Å². The summed E-state index contributed by atoms with van der Waals surface area (Å²) >= 11 is 0. The molecule has 0 unspecified atom stereocenters. The number of Topliss-reactive ketones (excluding diaryl/α,β-unsaturated/α-hetero) is 1. The van der Waals surface area contributed by atoms with Crippen LogP contribution in [0.5, 0.6) is 5.75 Å². The Morgan fingerprint density at radius 1 is 1.03 bits per heavy atom. The van der Waals surface area contributed by atoms with Gasteiger partial charge < -0.3 is 20.0 Å². The Labute approximate surface area is 214 Å². The number of rotatable bonds is 6. The fraction of sp³-hybridized carbons (Fsp3) is 0.483. The molecule has 36 heavy (non-hydrogen) atoms. The minimum atomic E-state index is -1.02. The van der Waals surface area contributed by atoms with E-state index in [9.17, 15) is 19.8 Å². The van der Waals surface area contributed by atoms with Crippen molar-refractivity contribution in [3.63, 3.8) is 0 Å². The predicted molar refractivity (Wildman–Crippen MR) is 142 cm³/mol. The van der Waals surface area contributed by atoms with E-state index < -0.39 is 6.09 Å². The molecule has 1 fully saturated rings. The maximum Gasteiger partial charge on any atom is 0.407 e. The third-order valence-corrected chi connectivity index (χ3v) is 6.94. The molecule has 0 spiro atoms.